The summed E-state index contributed by atoms with van der Waals surface area (Å²) in [5, 5.41) is 0. The molecule has 0 aromatic carbocycles. The number of thiol groups is 2. The molecule has 0 fully saturated rings. The predicted octanol–water partition coefficient (Wildman–Crippen LogP) is 3.90. The van der Waals surface area contributed by atoms with E-state index in [1.54, 1.807) is 0 Å². The van der Waals surface area contributed by atoms with E-state index in [0.29, 0.717) is 0 Å². The maximum Gasteiger partial charge on any atom is 0.144 e. The van der Waals surface area contributed by atoms with E-state index in [1.165, 1.54) is 38.5 Å². The molecule has 0 heterocycles. The summed E-state index contributed by atoms with van der Waals surface area (Å²) in [6.07, 6.45) is 9.23. The van der Waals surface area contributed by atoms with E-state index in [4.69, 9.17) is 4.74 Å². The largest absolute Gasteiger partial charge is 0.358 e. The molecule has 0 aliphatic rings. The Balaban J connectivity index is 2.84. The lowest BCUT2D eigenvalue weighted by Gasteiger charge is -2.05. The van der Waals surface area contributed by atoms with Crippen LogP contribution < -0.4 is 0 Å². The minimum absolute atomic E-state index is 0.208. The van der Waals surface area contributed by atoms with Gasteiger partial charge in [-0.25, -0.2) is 0 Å². The van der Waals surface area contributed by atoms with Crippen LogP contribution in [0, 0.1) is 0 Å². The van der Waals surface area contributed by atoms with Crippen molar-refractivity contribution >= 4 is 25.3 Å². The van der Waals surface area contributed by atoms with Gasteiger partial charge in [0.1, 0.15) is 4.77 Å². The zero-order valence-electron chi connectivity index (χ0n) is 8.54. The van der Waals surface area contributed by atoms with Crippen LogP contribution in [0.15, 0.2) is 0 Å². The van der Waals surface area contributed by atoms with Gasteiger partial charge in [0, 0.05) is 6.61 Å². The molecule has 0 bridgehead atoms. The van der Waals surface area contributed by atoms with E-state index in [1.807, 2.05) is 0 Å². The van der Waals surface area contributed by atoms with Gasteiger partial charge in [0.15, 0.2) is 0 Å². The highest BCUT2D eigenvalue weighted by atomic mass is 32.2. The highest BCUT2D eigenvalue weighted by Gasteiger charge is 1.94. The smallest absolute Gasteiger partial charge is 0.144 e. The molecule has 0 N–H and O–H groups in total. The molecular formula is C10H22OS2. The molecule has 0 aliphatic carbocycles. The number of rotatable bonds is 9. The predicted molar refractivity (Wildman–Crippen MR) is 65.7 cm³/mol. The lowest BCUT2D eigenvalue weighted by atomic mass is 10.1. The van der Waals surface area contributed by atoms with E-state index in [0.717, 1.165) is 13.0 Å². The van der Waals surface area contributed by atoms with Gasteiger partial charge in [-0.3, -0.25) is 0 Å². The van der Waals surface area contributed by atoms with Gasteiger partial charge in [0.25, 0.3) is 0 Å². The Morgan fingerprint density at radius 3 is 2.00 bits per heavy atom. The topological polar surface area (TPSA) is 9.23 Å². The van der Waals surface area contributed by atoms with Crippen molar-refractivity contribution in [2.75, 3.05) is 6.61 Å². The summed E-state index contributed by atoms with van der Waals surface area (Å²) >= 11 is 8.02. The standard InChI is InChI=1S/C10H22OS2/c1-2-3-4-5-6-7-8-9-11-10(12)13/h10,12-13H,2-9H2,1H3. The van der Waals surface area contributed by atoms with E-state index in [9.17, 15) is 0 Å². The van der Waals surface area contributed by atoms with Crippen LogP contribution in [0.2, 0.25) is 0 Å². The fourth-order valence-corrected chi connectivity index (χ4v) is 1.46. The van der Waals surface area contributed by atoms with Crippen molar-refractivity contribution in [3.63, 3.8) is 0 Å². The maximum absolute atomic E-state index is 5.20. The molecule has 0 unspecified atom stereocenters. The SMILES string of the molecule is CCCCCCCCCOC(S)S. The molecule has 1 nitrogen and oxygen atoms in total. The average Bonchev–Trinajstić information content (AvgIpc) is 2.09. The molecule has 0 spiro atoms. The average molecular weight is 222 g/mol. The molecule has 0 saturated carbocycles. The van der Waals surface area contributed by atoms with Gasteiger partial charge >= 0.3 is 0 Å². The van der Waals surface area contributed by atoms with Crippen molar-refractivity contribution in [2.24, 2.45) is 0 Å². The van der Waals surface area contributed by atoms with Crippen molar-refractivity contribution in [2.45, 2.75) is 56.6 Å². The summed E-state index contributed by atoms with van der Waals surface area (Å²) in [5.74, 6) is 0. The second kappa shape index (κ2) is 10.7. The quantitative estimate of drug-likeness (QED) is 0.342. The fraction of sp³-hybridized carbons (Fsp3) is 1.00. The third kappa shape index (κ3) is 12.7. The lowest BCUT2D eigenvalue weighted by molar-refractivity contribution is 0.160. The van der Waals surface area contributed by atoms with Crippen LogP contribution in [0.25, 0.3) is 0 Å². The summed E-state index contributed by atoms with van der Waals surface area (Å²) < 4.78 is 4.99. The van der Waals surface area contributed by atoms with Crippen molar-refractivity contribution in [1.29, 1.82) is 0 Å². The van der Waals surface area contributed by atoms with Crippen molar-refractivity contribution in [3.8, 4) is 0 Å². The van der Waals surface area contributed by atoms with Gasteiger partial charge in [-0.2, -0.15) is 0 Å². The molecule has 0 radical (unpaired) electrons. The van der Waals surface area contributed by atoms with Crippen molar-refractivity contribution < 1.29 is 4.74 Å². The monoisotopic (exact) mass is 222 g/mol. The number of hydrogen-bond donors (Lipinski definition) is 2. The van der Waals surface area contributed by atoms with E-state index < -0.39 is 0 Å². The summed E-state index contributed by atoms with van der Waals surface area (Å²) in [6, 6.07) is 0. The van der Waals surface area contributed by atoms with E-state index in [-0.39, 0.29) is 4.77 Å². The van der Waals surface area contributed by atoms with E-state index in [2.05, 4.69) is 32.2 Å². The Kier molecular flexibility index (Phi) is 11.3. The van der Waals surface area contributed by atoms with Crippen LogP contribution in [0.1, 0.15) is 51.9 Å². The highest BCUT2D eigenvalue weighted by molar-refractivity contribution is 7.98. The molecule has 0 rings (SSSR count). The Labute approximate surface area is 93.4 Å². The number of hydrogen-bond acceptors (Lipinski definition) is 3. The van der Waals surface area contributed by atoms with Gasteiger partial charge in [-0.15, -0.1) is 25.3 Å². The summed E-state index contributed by atoms with van der Waals surface area (Å²) in [7, 11) is 0. The Morgan fingerprint density at radius 2 is 1.46 bits per heavy atom. The Bertz CT molecular complexity index is 96.9. The molecule has 0 aromatic heterocycles. The van der Waals surface area contributed by atoms with Gasteiger partial charge in [-0.1, -0.05) is 45.4 Å². The Morgan fingerprint density at radius 1 is 0.923 bits per heavy atom. The van der Waals surface area contributed by atoms with Crippen LogP contribution in [0.4, 0.5) is 0 Å². The normalized spacial score (nSPS) is 11.1. The van der Waals surface area contributed by atoms with Gasteiger partial charge in [0.2, 0.25) is 0 Å². The van der Waals surface area contributed by atoms with E-state index >= 15 is 0 Å². The summed E-state index contributed by atoms with van der Waals surface area (Å²) in [6.45, 7) is 3.04. The number of ether oxygens (including phenoxy) is 1. The zero-order valence-corrected chi connectivity index (χ0v) is 10.3. The van der Waals surface area contributed by atoms with Crippen LogP contribution >= 0.6 is 25.3 Å². The minimum atomic E-state index is -0.208. The molecule has 13 heavy (non-hydrogen) atoms. The van der Waals surface area contributed by atoms with Gasteiger partial charge in [0.05, 0.1) is 0 Å². The third-order valence-corrected chi connectivity index (χ3v) is 2.31. The third-order valence-electron chi connectivity index (χ3n) is 2.01. The van der Waals surface area contributed by atoms with Gasteiger partial charge in [-0.05, 0) is 6.42 Å². The molecule has 0 saturated heterocycles. The molecule has 0 aliphatic heterocycles. The van der Waals surface area contributed by atoms with Gasteiger partial charge < -0.3 is 4.74 Å². The Hall–Kier alpha value is 0.660. The van der Waals surface area contributed by atoms with Crippen LogP contribution in [0.3, 0.4) is 0 Å². The fourth-order valence-electron chi connectivity index (χ4n) is 1.25. The molecule has 0 aromatic rings. The highest BCUT2D eigenvalue weighted by Crippen LogP contribution is 2.08. The second-order valence-corrected chi connectivity index (χ2v) is 4.66. The van der Waals surface area contributed by atoms with Crippen LogP contribution in [-0.4, -0.2) is 11.4 Å². The zero-order chi connectivity index (χ0) is 9.94. The van der Waals surface area contributed by atoms with Crippen LogP contribution in [0.5, 0.6) is 0 Å². The first kappa shape index (κ1) is 13.7. The molecule has 0 amide bonds. The van der Waals surface area contributed by atoms with Crippen molar-refractivity contribution in [1.82, 2.24) is 0 Å². The molecule has 0 atom stereocenters. The molecule has 80 valence electrons. The minimum Gasteiger partial charge on any atom is -0.358 e. The maximum atomic E-state index is 5.20. The second-order valence-electron chi connectivity index (χ2n) is 3.32. The molecular weight excluding hydrogens is 200 g/mol. The molecule has 3 heteroatoms. The summed E-state index contributed by atoms with van der Waals surface area (Å²) in [4.78, 5) is 0. The number of unbranched alkanes of at least 4 members (excludes halogenated alkanes) is 6. The first-order valence-corrected chi connectivity index (χ1v) is 6.28. The van der Waals surface area contributed by atoms with Crippen LogP contribution in [-0.2, 0) is 4.74 Å². The first-order valence-electron chi connectivity index (χ1n) is 5.25. The van der Waals surface area contributed by atoms with Crippen molar-refractivity contribution in [3.05, 3.63) is 0 Å². The lowest BCUT2D eigenvalue weighted by Crippen LogP contribution is -1.98. The first-order chi connectivity index (χ1) is 6.27. The summed E-state index contributed by atoms with van der Waals surface area (Å²) in [5.41, 5.74) is 0.